The van der Waals surface area contributed by atoms with Crippen molar-refractivity contribution in [2.75, 3.05) is 0 Å². The molecule has 0 fully saturated rings. The highest BCUT2D eigenvalue weighted by molar-refractivity contribution is 5.06. The third-order valence-corrected chi connectivity index (χ3v) is 2.24. The average Bonchev–Trinajstić information content (AvgIpc) is 2.30. The molecule has 0 saturated carbocycles. The molecular formula is C8H13N3O2. The predicted octanol–water partition coefficient (Wildman–Crippen LogP) is 0.176. The Labute approximate surface area is 75.1 Å². The van der Waals surface area contributed by atoms with Gasteiger partial charge in [0.25, 0.3) is 0 Å². The summed E-state index contributed by atoms with van der Waals surface area (Å²) in [5.74, 6) is 0. The van der Waals surface area contributed by atoms with Gasteiger partial charge in [0.15, 0.2) is 0 Å². The van der Waals surface area contributed by atoms with E-state index in [1.165, 1.54) is 4.68 Å². The molecule has 1 aromatic heterocycles. The fraction of sp³-hybridized carbons (Fsp3) is 0.500. The van der Waals surface area contributed by atoms with Crippen LogP contribution in [0.25, 0.3) is 0 Å². The van der Waals surface area contributed by atoms with Crippen molar-refractivity contribution in [2.24, 2.45) is 0 Å². The highest BCUT2D eigenvalue weighted by Crippen LogP contribution is 2.19. The van der Waals surface area contributed by atoms with Gasteiger partial charge >= 0.3 is 11.4 Å². The Morgan fingerprint density at radius 3 is 2.31 bits per heavy atom. The number of nitrogens with one attached hydrogen (secondary N) is 2. The largest absolute Gasteiger partial charge is 0.345 e. The number of allylic oxidation sites excluding steroid dienone is 1. The molecule has 0 aliphatic rings. The molecule has 2 N–H and O–H groups in total. The van der Waals surface area contributed by atoms with E-state index in [2.05, 4.69) is 16.7 Å². The Bertz CT molecular complexity index is 433. The predicted molar refractivity (Wildman–Crippen MR) is 49.8 cm³/mol. The van der Waals surface area contributed by atoms with Crippen LogP contribution in [0.2, 0.25) is 0 Å². The molecule has 0 saturated heterocycles. The summed E-state index contributed by atoms with van der Waals surface area (Å²) in [6, 6.07) is 0. The number of hydrogen-bond acceptors (Lipinski definition) is 2. The lowest BCUT2D eigenvalue weighted by atomic mass is 9.98. The fourth-order valence-electron chi connectivity index (χ4n) is 0.918. The summed E-state index contributed by atoms with van der Waals surface area (Å²) in [6.07, 6.45) is 0. The molecule has 1 aromatic rings. The number of rotatable bonds is 2. The maximum absolute atomic E-state index is 11.2. The second kappa shape index (κ2) is 2.76. The number of nitrogens with zero attached hydrogens (tertiary/aromatic N) is 1. The van der Waals surface area contributed by atoms with Gasteiger partial charge in [-0.25, -0.2) is 19.4 Å². The molecule has 13 heavy (non-hydrogen) atoms. The third-order valence-electron chi connectivity index (χ3n) is 2.24. The van der Waals surface area contributed by atoms with Crippen molar-refractivity contribution >= 4 is 0 Å². The molecule has 0 atom stereocenters. The highest BCUT2D eigenvalue weighted by atomic mass is 16.2. The maximum atomic E-state index is 11.2. The molecule has 1 heterocycles. The lowest BCUT2D eigenvalue weighted by Gasteiger charge is -2.24. The summed E-state index contributed by atoms with van der Waals surface area (Å²) in [4.78, 5) is 24.2. The van der Waals surface area contributed by atoms with Crippen molar-refractivity contribution in [2.45, 2.75) is 26.3 Å². The first-order chi connectivity index (χ1) is 5.85. The second-order valence-corrected chi connectivity index (χ2v) is 3.55. The molecule has 0 amide bonds. The number of aromatic nitrogens is 3. The van der Waals surface area contributed by atoms with E-state index in [1.54, 1.807) is 20.8 Å². The standard InChI is InChI=1S/C8H13N3O2/c1-5(2)8(3,4)11-7(13)9-6(12)10-11/h1H2,2-4H3,(H2,9,10,12,13). The van der Waals surface area contributed by atoms with Gasteiger partial charge in [0.2, 0.25) is 0 Å². The van der Waals surface area contributed by atoms with Gasteiger partial charge in [-0.15, -0.1) is 0 Å². The van der Waals surface area contributed by atoms with Crippen molar-refractivity contribution in [3.05, 3.63) is 33.1 Å². The van der Waals surface area contributed by atoms with Gasteiger partial charge in [-0.05, 0) is 20.8 Å². The van der Waals surface area contributed by atoms with Crippen LogP contribution >= 0.6 is 0 Å². The van der Waals surface area contributed by atoms with Crippen LogP contribution in [-0.2, 0) is 5.54 Å². The number of aromatic amines is 2. The van der Waals surface area contributed by atoms with Crippen LogP contribution in [0, 0.1) is 0 Å². The van der Waals surface area contributed by atoms with Crippen LogP contribution in [-0.4, -0.2) is 14.8 Å². The zero-order chi connectivity index (χ0) is 10.2. The molecule has 72 valence electrons. The van der Waals surface area contributed by atoms with E-state index in [4.69, 9.17) is 0 Å². The smallest absolute Gasteiger partial charge is 0.257 e. The molecule has 0 radical (unpaired) electrons. The van der Waals surface area contributed by atoms with Gasteiger partial charge in [-0.2, -0.15) is 0 Å². The van der Waals surface area contributed by atoms with E-state index in [0.717, 1.165) is 5.57 Å². The molecule has 0 aliphatic heterocycles. The van der Waals surface area contributed by atoms with E-state index >= 15 is 0 Å². The molecule has 0 bridgehead atoms. The van der Waals surface area contributed by atoms with Crippen LogP contribution in [0.4, 0.5) is 0 Å². The monoisotopic (exact) mass is 183 g/mol. The van der Waals surface area contributed by atoms with E-state index < -0.39 is 16.9 Å². The Kier molecular flexibility index (Phi) is 2.03. The second-order valence-electron chi connectivity index (χ2n) is 3.55. The van der Waals surface area contributed by atoms with Crippen molar-refractivity contribution in [3.63, 3.8) is 0 Å². The minimum Gasteiger partial charge on any atom is -0.257 e. The summed E-state index contributed by atoms with van der Waals surface area (Å²) < 4.78 is 1.23. The van der Waals surface area contributed by atoms with E-state index in [9.17, 15) is 9.59 Å². The lowest BCUT2D eigenvalue weighted by molar-refractivity contribution is 0.368. The van der Waals surface area contributed by atoms with Crippen LogP contribution < -0.4 is 11.4 Å². The Hall–Kier alpha value is -1.52. The van der Waals surface area contributed by atoms with Crippen molar-refractivity contribution in [1.82, 2.24) is 14.8 Å². The minimum absolute atomic E-state index is 0.446. The first-order valence-electron chi connectivity index (χ1n) is 3.93. The molecule has 0 aliphatic carbocycles. The van der Waals surface area contributed by atoms with Crippen LogP contribution in [0.15, 0.2) is 21.7 Å². The first kappa shape index (κ1) is 9.57. The zero-order valence-electron chi connectivity index (χ0n) is 7.97. The van der Waals surface area contributed by atoms with Gasteiger partial charge in [-0.3, -0.25) is 4.98 Å². The normalized spacial score (nSPS) is 11.6. The molecule has 5 heteroatoms. The Balaban J connectivity index is 3.38. The van der Waals surface area contributed by atoms with Crippen molar-refractivity contribution in [3.8, 4) is 0 Å². The van der Waals surface area contributed by atoms with Crippen molar-refractivity contribution in [1.29, 1.82) is 0 Å². The first-order valence-corrected chi connectivity index (χ1v) is 3.93. The SMILES string of the molecule is C=C(C)C(C)(C)n1[nH]c(=O)[nH]c1=O. The van der Waals surface area contributed by atoms with Crippen LogP contribution in [0.3, 0.4) is 0 Å². The van der Waals surface area contributed by atoms with Gasteiger partial charge in [0.1, 0.15) is 0 Å². The summed E-state index contributed by atoms with van der Waals surface area (Å²) in [7, 11) is 0. The fourth-order valence-corrected chi connectivity index (χ4v) is 0.918. The van der Waals surface area contributed by atoms with E-state index in [-0.39, 0.29) is 0 Å². The quantitative estimate of drug-likeness (QED) is 0.642. The Morgan fingerprint density at radius 1 is 1.46 bits per heavy atom. The average molecular weight is 183 g/mol. The number of H-pyrrole nitrogens is 2. The lowest BCUT2D eigenvalue weighted by Crippen LogP contribution is -2.36. The van der Waals surface area contributed by atoms with Crippen LogP contribution in [0.5, 0.6) is 0 Å². The molecule has 0 aromatic carbocycles. The zero-order valence-corrected chi connectivity index (χ0v) is 7.97. The minimum atomic E-state index is -0.573. The molecular weight excluding hydrogens is 170 g/mol. The molecule has 1 rings (SSSR count). The summed E-state index contributed by atoms with van der Waals surface area (Å²) >= 11 is 0. The van der Waals surface area contributed by atoms with Crippen molar-refractivity contribution < 1.29 is 0 Å². The Morgan fingerprint density at radius 2 is 2.00 bits per heavy atom. The number of hydrogen-bond donors (Lipinski definition) is 2. The third kappa shape index (κ3) is 1.49. The van der Waals surface area contributed by atoms with Gasteiger partial charge in [0.05, 0.1) is 5.54 Å². The molecule has 0 spiro atoms. The molecule has 0 unspecified atom stereocenters. The summed E-state index contributed by atoms with van der Waals surface area (Å²) in [5.41, 5.74) is -0.724. The molecule has 5 nitrogen and oxygen atoms in total. The van der Waals surface area contributed by atoms with Gasteiger partial charge < -0.3 is 0 Å². The summed E-state index contributed by atoms with van der Waals surface area (Å²) in [5, 5.41) is 2.40. The topological polar surface area (TPSA) is 70.7 Å². The van der Waals surface area contributed by atoms with Gasteiger partial charge in [0, 0.05) is 0 Å². The van der Waals surface area contributed by atoms with Gasteiger partial charge in [-0.1, -0.05) is 12.2 Å². The highest BCUT2D eigenvalue weighted by Gasteiger charge is 2.23. The van der Waals surface area contributed by atoms with E-state index in [0.29, 0.717) is 0 Å². The van der Waals surface area contributed by atoms with E-state index in [1.807, 2.05) is 0 Å². The summed E-state index contributed by atoms with van der Waals surface area (Å²) in [6.45, 7) is 9.17. The van der Waals surface area contributed by atoms with Crippen LogP contribution in [0.1, 0.15) is 20.8 Å². The maximum Gasteiger partial charge on any atom is 0.345 e.